The molecule has 0 saturated carbocycles. The van der Waals surface area contributed by atoms with Crippen molar-refractivity contribution in [2.45, 2.75) is 20.1 Å². The highest BCUT2D eigenvalue weighted by atomic mass is 16.5. The summed E-state index contributed by atoms with van der Waals surface area (Å²) in [5, 5.41) is 3.79. The highest BCUT2D eigenvalue weighted by Gasteiger charge is 2.21. The van der Waals surface area contributed by atoms with Crippen LogP contribution < -0.4 is 0 Å². The molecule has 0 aliphatic heterocycles. The smallest absolute Gasteiger partial charge is 0.339 e. The van der Waals surface area contributed by atoms with E-state index in [0.29, 0.717) is 23.6 Å². The number of carbonyl (C=O) groups is 2. The Kier molecular flexibility index (Phi) is 5.66. The number of aryl methyl sites for hydroxylation is 1. The van der Waals surface area contributed by atoms with Crippen LogP contribution in [0.15, 0.2) is 65.2 Å². The molecule has 2 aromatic carbocycles. The summed E-state index contributed by atoms with van der Waals surface area (Å²) in [4.78, 5) is 26.9. The maximum absolute atomic E-state index is 12.8. The average molecular weight is 364 g/mol. The Morgan fingerprint density at radius 2 is 1.70 bits per heavy atom. The fraction of sp³-hybridized carbons (Fsp3) is 0.190. The molecule has 3 rings (SSSR count). The highest BCUT2D eigenvalue weighted by Crippen LogP contribution is 2.15. The fourth-order valence-corrected chi connectivity index (χ4v) is 2.69. The first-order chi connectivity index (χ1) is 13.0. The second kappa shape index (κ2) is 8.31. The molecule has 3 aromatic rings. The third-order valence-electron chi connectivity index (χ3n) is 4.01. The molecule has 0 aliphatic carbocycles. The number of amides is 1. The molecule has 1 amide bonds. The lowest BCUT2D eigenvalue weighted by Crippen LogP contribution is -2.28. The van der Waals surface area contributed by atoms with Crippen molar-refractivity contribution < 1.29 is 18.8 Å². The van der Waals surface area contributed by atoms with Crippen LogP contribution in [-0.4, -0.2) is 29.0 Å². The standard InChI is InChI=1S/C21H20N2O4/c1-15-12-17(22-27-15)14-26-21(25)19-11-7-6-10-18(19)20(24)23(2)13-16-8-4-3-5-9-16/h3-12H,13-14H2,1-2H3. The number of carbonyl (C=O) groups excluding carboxylic acids is 2. The van der Waals surface area contributed by atoms with Gasteiger partial charge in [-0.15, -0.1) is 0 Å². The highest BCUT2D eigenvalue weighted by molar-refractivity contribution is 6.05. The van der Waals surface area contributed by atoms with Crippen molar-refractivity contribution in [2.75, 3.05) is 7.05 Å². The molecular formula is C21H20N2O4. The summed E-state index contributed by atoms with van der Waals surface area (Å²) in [7, 11) is 1.70. The third-order valence-corrected chi connectivity index (χ3v) is 4.01. The molecule has 6 heteroatoms. The summed E-state index contributed by atoms with van der Waals surface area (Å²) in [5.41, 5.74) is 2.06. The van der Waals surface area contributed by atoms with Gasteiger partial charge in [-0.1, -0.05) is 47.6 Å². The summed E-state index contributed by atoms with van der Waals surface area (Å²) in [5.74, 6) is -0.185. The predicted molar refractivity (Wildman–Crippen MR) is 99.0 cm³/mol. The van der Waals surface area contributed by atoms with Gasteiger partial charge < -0.3 is 14.2 Å². The van der Waals surface area contributed by atoms with Crippen LogP contribution in [0.5, 0.6) is 0 Å². The Morgan fingerprint density at radius 1 is 1.04 bits per heavy atom. The average Bonchev–Trinajstić information content (AvgIpc) is 3.11. The van der Waals surface area contributed by atoms with E-state index < -0.39 is 5.97 Å². The van der Waals surface area contributed by atoms with Gasteiger partial charge in [-0.05, 0) is 24.6 Å². The summed E-state index contributed by atoms with van der Waals surface area (Å²) in [6, 6.07) is 18.0. The Bertz CT molecular complexity index is 934. The van der Waals surface area contributed by atoms with Crippen LogP contribution >= 0.6 is 0 Å². The van der Waals surface area contributed by atoms with Crippen molar-refractivity contribution in [2.24, 2.45) is 0 Å². The molecule has 1 aromatic heterocycles. The van der Waals surface area contributed by atoms with Crippen molar-refractivity contribution in [3.63, 3.8) is 0 Å². The van der Waals surface area contributed by atoms with Crippen molar-refractivity contribution >= 4 is 11.9 Å². The first-order valence-electron chi connectivity index (χ1n) is 8.52. The Morgan fingerprint density at radius 3 is 2.37 bits per heavy atom. The summed E-state index contributed by atoms with van der Waals surface area (Å²) in [6.07, 6.45) is 0. The van der Waals surface area contributed by atoms with E-state index in [9.17, 15) is 9.59 Å². The zero-order valence-electron chi connectivity index (χ0n) is 15.2. The van der Waals surface area contributed by atoms with Crippen LogP contribution in [0, 0.1) is 6.92 Å². The van der Waals surface area contributed by atoms with E-state index in [-0.39, 0.29) is 18.1 Å². The number of hydrogen-bond acceptors (Lipinski definition) is 5. The van der Waals surface area contributed by atoms with Gasteiger partial charge >= 0.3 is 5.97 Å². The number of nitrogens with zero attached hydrogens (tertiary/aromatic N) is 2. The Labute approximate surface area is 157 Å². The zero-order valence-corrected chi connectivity index (χ0v) is 15.2. The van der Waals surface area contributed by atoms with E-state index >= 15 is 0 Å². The molecule has 0 spiro atoms. The lowest BCUT2D eigenvalue weighted by atomic mass is 10.1. The number of hydrogen-bond donors (Lipinski definition) is 0. The van der Waals surface area contributed by atoms with Crippen LogP contribution in [0.1, 0.15) is 37.7 Å². The number of rotatable bonds is 6. The maximum Gasteiger partial charge on any atom is 0.339 e. The van der Waals surface area contributed by atoms with Gasteiger partial charge in [-0.2, -0.15) is 0 Å². The molecule has 138 valence electrons. The first kappa shape index (κ1) is 18.4. The van der Waals surface area contributed by atoms with E-state index in [4.69, 9.17) is 9.26 Å². The first-order valence-corrected chi connectivity index (χ1v) is 8.52. The molecular weight excluding hydrogens is 344 g/mol. The van der Waals surface area contributed by atoms with Gasteiger partial charge in [0.1, 0.15) is 18.1 Å². The molecule has 0 aliphatic rings. The van der Waals surface area contributed by atoms with Gasteiger partial charge in [-0.25, -0.2) is 4.79 Å². The monoisotopic (exact) mass is 364 g/mol. The molecule has 1 heterocycles. The van der Waals surface area contributed by atoms with Crippen molar-refractivity contribution in [3.8, 4) is 0 Å². The van der Waals surface area contributed by atoms with Gasteiger partial charge in [0.25, 0.3) is 5.91 Å². The van der Waals surface area contributed by atoms with Crippen LogP contribution in [0.4, 0.5) is 0 Å². The summed E-state index contributed by atoms with van der Waals surface area (Å²) in [6.45, 7) is 2.19. The van der Waals surface area contributed by atoms with Crippen LogP contribution in [-0.2, 0) is 17.9 Å². The SMILES string of the molecule is Cc1cc(COC(=O)c2ccccc2C(=O)N(C)Cc2ccccc2)no1. The van der Waals surface area contributed by atoms with Gasteiger partial charge in [-0.3, -0.25) is 4.79 Å². The molecule has 0 N–H and O–H groups in total. The van der Waals surface area contributed by atoms with Crippen molar-refractivity contribution in [1.29, 1.82) is 0 Å². The Balaban J connectivity index is 1.72. The quantitative estimate of drug-likeness (QED) is 0.625. The van der Waals surface area contributed by atoms with Crippen LogP contribution in [0.3, 0.4) is 0 Å². The number of benzene rings is 2. The molecule has 0 fully saturated rings. The van der Waals surface area contributed by atoms with Gasteiger partial charge in [0.15, 0.2) is 0 Å². The fourth-order valence-electron chi connectivity index (χ4n) is 2.69. The molecule has 0 atom stereocenters. The number of aromatic nitrogens is 1. The van der Waals surface area contributed by atoms with Crippen molar-refractivity contribution in [3.05, 3.63) is 88.8 Å². The summed E-state index contributed by atoms with van der Waals surface area (Å²) < 4.78 is 10.2. The van der Waals surface area contributed by atoms with E-state index in [1.165, 1.54) is 0 Å². The Hall–Kier alpha value is -3.41. The molecule has 27 heavy (non-hydrogen) atoms. The number of ether oxygens (including phenoxy) is 1. The largest absolute Gasteiger partial charge is 0.455 e. The minimum atomic E-state index is -0.576. The van der Waals surface area contributed by atoms with E-state index in [1.54, 1.807) is 49.2 Å². The molecule has 0 unspecified atom stereocenters. The zero-order chi connectivity index (χ0) is 19.2. The second-order valence-electron chi connectivity index (χ2n) is 6.20. The maximum atomic E-state index is 12.8. The van der Waals surface area contributed by atoms with E-state index in [1.807, 2.05) is 30.3 Å². The van der Waals surface area contributed by atoms with Crippen LogP contribution in [0.2, 0.25) is 0 Å². The van der Waals surface area contributed by atoms with Crippen LogP contribution in [0.25, 0.3) is 0 Å². The minimum absolute atomic E-state index is 0.0153. The molecule has 0 bridgehead atoms. The lowest BCUT2D eigenvalue weighted by molar-refractivity contribution is 0.0458. The van der Waals surface area contributed by atoms with Crippen molar-refractivity contribution in [1.82, 2.24) is 10.1 Å². The molecule has 6 nitrogen and oxygen atoms in total. The molecule has 0 radical (unpaired) electrons. The van der Waals surface area contributed by atoms with Gasteiger partial charge in [0, 0.05) is 19.7 Å². The summed E-state index contributed by atoms with van der Waals surface area (Å²) >= 11 is 0. The normalized spacial score (nSPS) is 10.4. The predicted octanol–water partition coefficient (Wildman–Crippen LogP) is 3.61. The van der Waals surface area contributed by atoms with Gasteiger partial charge in [0.05, 0.1) is 11.1 Å². The number of esters is 1. The minimum Gasteiger partial charge on any atom is -0.455 e. The van der Waals surface area contributed by atoms with E-state index in [0.717, 1.165) is 5.56 Å². The third kappa shape index (κ3) is 4.61. The second-order valence-corrected chi connectivity index (χ2v) is 6.20. The topological polar surface area (TPSA) is 72.6 Å². The van der Waals surface area contributed by atoms with Gasteiger partial charge in [0.2, 0.25) is 0 Å². The molecule has 0 saturated heterocycles. The van der Waals surface area contributed by atoms with E-state index in [2.05, 4.69) is 5.16 Å². The lowest BCUT2D eigenvalue weighted by Gasteiger charge is -2.19.